The van der Waals surface area contributed by atoms with Gasteiger partial charge in [-0.1, -0.05) is 24.6 Å². The second-order valence-electron chi connectivity index (χ2n) is 7.27. The first-order valence-corrected chi connectivity index (χ1v) is 11.2. The van der Waals surface area contributed by atoms with Crippen LogP contribution < -0.4 is 4.90 Å². The average Bonchev–Trinajstić information content (AvgIpc) is 3.15. The number of anilines is 1. The zero-order valence-corrected chi connectivity index (χ0v) is 17.4. The maximum absolute atomic E-state index is 13.3. The van der Waals surface area contributed by atoms with Gasteiger partial charge in [-0.3, -0.25) is 0 Å². The lowest BCUT2D eigenvalue weighted by Gasteiger charge is -2.30. The van der Waals surface area contributed by atoms with Crippen LogP contribution in [0.15, 0.2) is 62.9 Å². The van der Waals surface area contributed by atoms with Crippen LogP contribution in [0.5, 0.6) is 0 Å². The molecule has 0 amide bonds. The first-order chi connectivity index (χ1) is 13.8. The second kappa shape index (κ2) is 7.80. The minimum atomic E-state index is -3.99. The van der Waals surface area contributed by atoms with E-state index in [1.165, 1.54) is 12.1 Å². The van der Waals surface area contributed by atoms with Crippen molar-refractivity contribution in [2.75, 3.05) is 18.0 Å². The van der Waals surface area contributed by atoms with Crippen LogP contribution in [0.3, 0.4) is 0 Å². The predicted octanol–water partition coefficient (Wildman–Crippen LogP) is 5.20. The highest BCUT2D eigenvalue weighted by Crippen LogP contribution is 2.36. The second-order valence-corrected chi connectivity index (χ2v) is 9.57. The molecule has 1 saturated heterocycles. The number of nitrogens with zero attached hydrogens (tertiary/aromatic N) is 2. The summed E-state index contributed by atoms with van der Waals surface area (Å²) in [6, 6.07) is 11.6. The molecular weight excluding hydrogens is 415 g/mol. The number of hydrogen-bond acceptors (Lipinski definition) is 5. The van der Waals surface area contributed by atoms with Crippen molar-refractivity contribution in [3.63, 3.8) is 0 Å². The summed E-state index contributed by atoms with van der Waals surface area (Å²) in [4.78, 5) is 6.22. The Bertz CT molecular complexity index is 1120. The molecular formula is C21H20ClFN2O3S. The minimum absolute atomic E-state index is 0.0310. The monoisotopic (exact) mass is 434 g/mol. The molecule has 8 heteroatoms. The molecule has 2 heterocycles. The third-order valence-corrected chi connectivity index (χ3v) is 7.00. The van der Waals surface area contributed by atoms with Gasteiger partial charge in [0.15, 0.2) is 0 Å². The van der Waals surface area contributed by atoms with Crippen LogP contribution in [0.2, 0.25) is 5.02 Å². The van der Waals surface area contributed by atoms with Gasteiger partial charge in [-0.2, -0.15) is 4.98 Å². The van der Waals surface area contributed by atoms with E-state index >= 15 is 0 Å². The van der Waals surface area contributed by atoms with E-state index in [2.05, 4.69) is 11.9 Å². The standard InChI is InChI=1S/C21H20ClFN2O3S/c1-14-9-11-25(12-10-14)21-20(29(26,27)18-7-5-17(23)6-8-18)24-19(28-21)15-3-2-4-16(22)13-15/h2-8,13-14H,9-12H2,1H3. The number of benzene rings is 2. The molecule has 0 radical (unpaired) electrons. The summed E-state index contributed by atoms with van der Waals surface area (Å²) in [5.41, 5.74) is 0.588. The summed E-state index contributed by atoms with van der Waals surface area (Å²) in [5.74, 6) is 0.464. The Hall–Kier alpha value is -2.38. The van der Waals surface area contributed by atoms with Gasteiger partial charge in [0.25, 0.3) is 0 Å². The number of aromatic nitrogens is 1. The summed E-state index contributed by atoms with van der Waals surface area (Å²) in [7, 11) is -3.99. The lowest BCUT2D eigenvalue weighted by atomic mass is 9.99. The van der Waals surface area contributed by atoms with Crippen molar-refractivity contribution in [2.24, 2.45) is 5.92 Å². The van der Waals surface area contributed by atoms with Gasteiger partial charge in [0.2, 0.25) is 26.6 Å². The maximum Gasteiger partial charge on any atom is 0.236 e. The van der Waals surface area contributed by atoms with Crippen LogP contribution in [0.4, 0.5) is 10.3 Å². The molecule has 5 nitrogen and oxygen atoms in total. The van der Waals surface area contributed by atoms with E-state index < -0.39 is 15.7 Å². The summed E-state index contributed by atoms with van der Waals surface area (Å²) < 4.78 is 45.8. The van der Waals surface area contributed by atoms with Crippen LogP contribution >= 0.6 is 11.6 Å². The van der Waals surface area contributed by atoms with E-state index in [-0.39, 0.29) is 21.7 Å². The molecule has 0 aliphatic carbocycles. The van der Waals surface area contributed by atoms with Crippen molar-refractivity contribution < 1.29 is 17.2 Å². The topological polar surface area (TPSA) is 63.4 Å². The van der Waals surface area contributed by atoms with E-state index in [4.69, 9.17) is 16.0 Å². The highest BCUT2D eigenvalue weighted by Gasteiger charge is 2.32. The third kappa shape index (κ3) is 4.02. The van der Waals surface area contributed by atoms with E-state index in [9.17, 15) is 12.8 Å². The largest absolute Gasteiger partial charge is 0.419 e. The number of sulfone groups is 1. The normalized spacial score (nSPS) is 15.6. The number of piperidine rings is 1. The molecule has 0 spiro atoms. The molecule has 152 valence electrons. The Kier molecular flexibility index (Phi) is 5.36. The third-order valence-electron chi connectivity index (χ3n) is 5.10. The lowest BCUT2D eigenvalue weighted by molar-refractivity contribution is 0.415. The van der Waals surface area contributed by atoms with Gasteiger partial charge in [0, 0.05) is 23.7 Å². The van der Waals surface area contributed by atoms with Crippen LogP contribution in [-0.2, 0) is 9.84 Å². The molecule has 1 aliphatic heterocycles. The maximum atomic E-state index is 13.3. The molecule has 0 atom stereocenters. The van der Waals surface area contributed by atoms with Gasteiger partial charge in [-0.05, 0) is 61.2 Å². The molecule has 0 unspecified atom stereocenters. The van der Waals surface area contributed by atoms with Crippen molar-refractivity contribution in [2.45, 2.75) is 29.7 Å². The fraction of sp³-hybridized carbons (Fsp3) is 0.286. The van der Waals surface area contributed by atoms with Gasteiger partial charge in [-0.15, -0.1) is 0 Å². The molecule has 0 saturated carbocycles. The lowest BCUT2D eigenvalue weighted by Crippen LogP contribution is -2.33. The SMILES string of the molecule is CC1CCN(c2oc(-c3cccc(Cl)c3)nc2S(=O)(=O)c2ccc(F)cc2)CC1. The molecule has 4 rings (SSSR count). The van der Waals surface area contributed by atoms with Crippen LogP contribution in [0.25, 0.3) is 11.5 Å². The van der Waals surface area contributed by atoms with Gasteiger partial charge in [-0.25, -0.2) is 12.8 Å². The molecule has 0 N–H and O–H groups in total. The van der Waals surface area contributed by atoms with Gasteiger partial charge in [0.05, 0.1) is 4.90 Å². The molecule has 3 aromatic rings. The van der Waals surface area contributed by atoms with E-state index in [1.807, 2.05) is 4.90 Å². The van der Waals surface area contributed by atoms with Crippen molar-refractivity contribution in [1.29, 1.82) is 0 Å². The summed E-state index contributed by atoms with van der Waals surface area (Å²) in [6.45, 7) is 3.53. The van der Waals surface area contributed by atoms with Gasteiger partial charge < -0.3 is 9.32 Å². The number of oxazole rings is 1. The van der Waals surface area contributed by atoms with Crippen molar-refractivity contribution >= 4 is 27.3 Å². The van der Waals surface area contributed by atoms with Crippen LogP contribution in [0.1, 0.15) is 19.8 Å². The summed E-state index contributed by atoms with van der Waals surface area (Å²) in [5, 5.41) is 0.339. The Morgan fingerprint density at radius 1 is 1.14 bits per heavy atom. The fourth-order valence-corrected chi connectivity index (χ4v) is 4.87. The average molecular weight is 435 g/mol. The zero-order chi connectivity index (χ0) is 20.6. The highest BCUT2D eigenvalue weighted by molar-refractivity contribution is 7.91. The Balaban J connectivity index is 1.83. The molecule has 2 aromatic carbocycles. The van der Waals surface area contributed by atoms with E-state index in [0.717, 1.165) is 25.0 Å². The number of halogens is 2. The highest BCUT2D eigenvalue weighted by atomic mass is 35.5. The van der Waals surface area contributed by atoms with Gasteiger partial charge in [0.1, 0.15) is 5.82 Å². The van der Waals surface area contributed by atoms with E-state index in [1.54, 1.807) is 24.3 Å². The molecule has 1 aliphatic rings. The molecule has 29 heavy (non-hydrogen) atoms. The minimum Gasteiger partial charge on any atom is -0.419 e. The smallest absolute Gasteiger partial charge is 0.236 e. The van der Waals surface area contributed by atoms with Crippen molar-refractivity contribution in [3.8, 4) is 11.5 Å². The predicted molar refractivity (Wildman–Crippen MR) is 109 cm³/mol. The van der Waals surface area contributed by atoms with Crippen LogP contribution in [-0.4, -0.2) is 26.5 Å². The molecule has 1 fully saturated rings. The van der Waals surface area contributed by atoms with E-state index in [0.29, 0.717) is 29.6 Å². The van der Waals surface area contributed by atoms with Crippen LogP contribution in [0, 0.1) is 11.7 Å². The number of hydrogen-bond donors (Lipinski definition) is 0. The number of rotatable bonds is 4. The van der Waals surface area contributed by atoms with Crippen molar-refractivity contribution in [3.05, 3.63) is 59.4 Å². The Labute approximate surface area is 174 Å². The van der Waals surface area contributed by atoms with Gasteiger partial charge >= 0.3 is 0 Å². The summed E-state index contributed by atoms with van der Waals surface area (Å²) >= 11 is 6.07. The first kappa shape index (κ1) is 19.9. The van der Waals surface area contributed by atoms with Crippen molar-refractivity contribution in [1.82, 2.24) is 4.98 Å². The first-order valence-electron chi connectivity index (χ1n) is 9.37. The zero-order valence-electron chi connectivity index (χ0n) is 15.8. The Morgan fingerprint density at radius 3 is 2.48 bits per heavy atom. The molecule has 1 aromatic heterocycles. The summed E-state index contributed by atoms with van der Waals surface area (Å²) in [6.07, 6.45) is 1.87. The Morgan fingerprint density at radius 2 is 1.83 bits per heavy atom. The fourth-order valence-electron chi connectivity index (χ4n) is 3.35. The quantitative estimate of drug-likeness (QED) is 0.528. The molecule has 0 bridgehead atoms.